The smallest absolute Gasteiger partial charge is 0.129 e. The molecule has 0 saturated carbocycles. The zero-order valence-electron chi connectivity index (χ0n) is 18.5. The highest BCUT2D eigenvalue weighted by atomic mass is 28.4. The molecule has 0 aliphatic carbocycles. The molecular formula is C22H41NSi2. The SMILES string of the molecule is C=Cc1ccc(CCN([Si](C)(C)C)[Si](C)(C(C)(C)C)C(C)(C)C)cc1. The van der Waals surface area contributed by atoms with E-state index >= 15 is 0 Å². The fourth-order valence-corrected chi connectivity index (χ4v) is 16.8. The summed E-state index contributed by atoms with van der Waals surface area (Å²) in [5.41, 5.74) is 2.64. The van der Waals surface area contributed by atoms with Gasteiger partial charge in [0.2, 0.25) is 0 Å². The van der Waals surface area contributed by atoms with Gasteiger partial charge in [-0.15, -0.1) is 0 Å². The molecule has 0 bridgehead atoms. The number of hydrogen-bond donors (Lipinski definition) is 0. The van der Waals surface area contributed by atoms with Crippen molar-refractivity contribution in [3.8, 4) is 0 Å². The van der Waals surface area contributed by atoms with Crippen molar-refractivity contribution in [1.82, 2.24) is 4.23 Å². The summed E-state index contributed by atoms with van der Waals surface area (Å²) in [7, 11) is -3.14. The molecule has 1 aromatic rings. The molecule has 0 unspecified atom stereocenters. The molecule has 0 atom stereocenters. The van der Waals surface area contributed by atoms with Crippen molar-refractivity contribution in [3.05, 3.63) is 42.0 Å². The van der Waals surface area contributed by atoms with Crippen LogP contribution in [0.4, 0.5) is 0 Å². The molecule has 0 heterocycles. The van der Waals surface area contributed by atoms with E-state index in [2.05, 4.69) is 103 Å². The van der Waals surface area contributed by atoms with Crippen LogP contribution in [0.25, 0.3) is 6.08 Å². The molecule has 0 aliphatic heterocycles. The lowest BCUT2D eigenvalue weighted by atomic mass is 10.1. The van der Waals surface area contributed by atoms with Gasteiger partial charge in [0.05, 0.1) is 0 Å². The summed E-state index contributed by atoms with van der Waals surface area (Å²) in [6.45, 7) is 30.1. The molecule has 0 N–H and O–H groups in total. The van der Waals surface area contributed by atoms with Crippen LogP contribution in [0.3, 0.4) is 0 Å². The summed E-state index contributed by atoms with van der Waals surface area (Å²) >= 11 is 0. The lowest BCUT2D eigenvalue weighted by molar-refractivity contribution is 0.486. The highest BCUT2D eigenvalue weighted by Gasteiger charge is 2.55. The molecule has 0 radical (unpaired) electrons. The highest BCUT2D eigenvalue weighted by Crippen LogP contribution is 2.53. The van der Waals surface area contributed by atoms with Crippen molar-refractivity contribution < 1.29 is 0 Å². The number of rotatable bonds is 6. The van der Waals surface area contributed by atoms with Gasteiger partial charge in [-0.25, -0.2) is 0 Å². The largest absolute Gasteiger partial charge is 0.345 e. The van der Waals surface area contributed by atoms with Crippen molar-refractivity contribution >= 4 is 22.5 Å². The third-order valence-corrected chi connectivity index (χ3v) is 18.5. The monoisotopic (exact) mass is 375 g/mol. The maximum absolute atomic E-state index is 3.86. The van der Waals surface area contributed by atoms with E-state index < -0.39 is 16.5 Å². The Balaban J connectivity index is 3.21. The third kappa shape index (κ3) is 4.96. The van der Waals surface area contributed by atoms with Crippen LogP contribution in [0.1, 0.15) is 52.7 Å². The van der Waals surface area contributed by atoms with Crippen LogP contribution < -0.4 is 0 Å². The van der Waals surface area contributed by atoms with Crippen LogP contribution in [0.15, 0.2) is 30.8 Å². The van der Waals surface area contributed by atoms with Crippen LogP contribution >= 0.6 is 0 Å². The Morgan fingerprint density at radius 1 is 0.880 bits per heavy atom. The zero-order chi connectivity index (χ0) is 19.7. The second kappa shape index (κ2) is 7.54. The molecule has 1 aromatic carbocycles. The lowest BCUT2D eigenvalue weighted by Crippen LogP contribution is -2.70. The summed E-state index contributed by atoms with van der Waals surface area (Å²) in [4.78, 5) is 0. The topological polar surface area (TPSA) is 3.24 Å². The minimum Gasteiger partial charge on any atom is -0.345 e. The van der Waals surface area contributed by atoms with Crippen LogP contribution in [-0.2, 0) is 6.42 Å². The minimum atomic E-state index is -1.71. The quantitative estimate of drug-likeness (QED) is 0.476. The van der Waals surface area contributed by atoms with Gasteiger partial charge in [0.15, 0.2) is 0 Å². The molecule has 0 aromatic heterocycles. The van der Waals surface area contributed by atoms with Crippen LogP contribution in [-0.4, -0.2) is 27.2 Å². The Kier molecular flexibility index (Phi) is 6.75. The van der Waals surface area contributed by atoms with Gasteiger partial charge >= 0.3 is 0 Å². The van der Waals surface area contributed by atoms with Gasteiger partial charge in [-0.3, -0.25) is 0 Å². The standard InChI is InChI=1S/C22H41NSi2/c1-12-19-13-15-20(16-14-19)17-18-23(24(8,9)10)25(11,21(2,3)4)22(5,6)7/h12-16H,1,17-18H2,2-11H3. The normalized spacial score (nSPS) is 14.0. The van der Waals surface area contributed by atoms with E-state index in [1.165, 1.54) is 17.7 Å². The average Bonchev–Trinajstić information content (AvgIpc) is 2.44. The van der Waals surface area contributed by atoms with E-state index in [1.807, 2.05) is 6.08 Å². The van der Waals surface area contributed by atoms with Crippen molar-refractivity contribution in [2.24, 2.45) is 0 Å². The molecule has 0 amide bonds. The Labute approximate surface area is 159 Å². The Morgan fingerprint density at radius 3 is 1.64 bits per heavy atom. The Hall–Kier alpha value is -0.646. The molecule has 142 valence electrons. The fraction of sp³-hybridized carbons (Fsp3) is 0.636. The van der Waals surface area contributed by atoms with Gasteiger partial charge in [0.1, 0.15) is 16.5 Å². The fourth-order valence-electron chi connectivity index (χ4n) is 4.23. The second-order valence-electron chi connectivity index (χ2n) is 10.6. The Bertz CT molecular complexity index is 554. The van der Waals surface area contributed by atoms with Gasteiger partial charge in [-0.05, 0) is 34.2 Å². The van der Waals surface area contributed by atoms with Crippen molar-refractivity contribution in [1.29, 1.82) is 0 Å². The van der Waals surface area contributed by atoms with Gasteiger partial charge in [-0.1, -0.05) is 105 Å². The Morgan fingerprint density at radius 2 is 1.32 bits per heavy atom. The minimum absolute atomic E-state index is 0.345. The molecule has 3 heteroatoms. The van der Waals surface area contributed by atoms with E-state index in [4.69, 9.17) is 0 Å². The molecule has 1 rings (SSSR count). The first-order valence-corrected chi connectivity index (χ1v) is 15.5. The molecule has 1 nitrogen and oxygen atoms in total. The van der Waals surface area contributed by atoms with Gasteiger partial charge in [-0.2, -0.15) is 0 Å². The molecular weight excluding hydrogens is 334 g/mol. The molecule has 25 heavy (non-hydrogen) atoms. The summed E-state index contributed by atoms with van der Waals surface area (Å²) in [5, 5.41) is 0.691. The van der Waals surface area contributed by atoms with E-state index in [1.54, 1.807) is 0 Å². The van der Waals surface area contributed by atoms with Gasteiger partial charge in [0.25, 0.3) is 0 Å². The number of benzene rings is 1. The maximum atomic E-state index is 3.86. The van der Waals surface area contributed by atoms with Crippen molar-refractivity contribution in [2.75, 3.05) is 6.54 Å². The van der Waals surface area contributed by atoms with Crippen molar-refractivity contribution in [2.45, 2.75) is 84.2 Å². The van der Waals surface area contributed by atoms with E-state index in [0.717, 1.165) is 6.42 Å². The van der Waals surface area contributed by atoms with E-state index in [0.29, 0.717) is 10.1 Å². The molecule has 0 fully saturated rings. The highest BCUT2D eigenvalue weighted by molar-refractivity contribution is 6.93. The predicted octanol–water partition coefficient (Wildman–Crippen LogP) is 7.18. The molecule has 0 saturated heterocycles. The second-order valence-corrected chi connectivity index (χ2v) is 21.6. The first-order valence-electron chi connectivity index (χ1n) is 9.64. The average molecular weight is 376 g/mol. The third-order valence-electron chi connectivity index (χ3n) is 6.11. The summed E-state index contributed by atoms with van der Waals surface area (Å²) in [6.07, 6.45) is 3.05. The first kappa shape index (κ1) is 22.4. The molecule has 0 spiro atoms. The van der Waals surface area contributed by atoms with Gasteiger partial charge in [0, 0.05) is 0 Å². The summed E-state index contributed by atoms with van der Waals surface area (Å²) < 4.78 is 3.02. The summed E-state index contributed by atoms with van der Waals surface area (Å²) in [5.74, 6) is 0. The van der Waals surface area contributed by atoms with Gasteiger partial charge < -0.3 is 4.23 Å². The van der Waals surface area contributed by atoms with Crippen LogP contribution in [0.5, 0.6) is 0 Å². The number of nitrogens with zero attached hydrogens (tertiary/aromatic N) is 1. The van der Waals surface area contributed by atoms with E-state index in [-0.39, 0.29) is 0 Å². The van der Waals surface area contributed by atoms with Crippen molar-refractivity contribution in [3.63, 3.8) is 0 Å². The molecule has 0 aliphatic rings. The maximum Gasteiger partial charge on any atom is 0.129 e. The van der Waals surface area contributed by atoms with Crippen LogP contribution in [0, 0.1) is 0 Å². The van der Waals surface area contributed by atoms with E-state index in [9.17, 15) is 0 Å². The van der Waals surface area contributed by atoms with Crippen LogP contribution in [0.2, 0.25) is 36.3 Å². The zero-order valence-corrected chi connectivity index (χ0v) is 20.5. The lowest BCUT2D eigenvalue weighted by Gasteiger charge is -2.60. The predicted molar refractivity (Wildman–Crippen MR) is 121 cm³/mol. The first-order chi connectivity index (χ1) is 11.1. The summed E-state index contributed by atoms with van der Waals surface area (Å²) in [6, 6.07) is 8.91. The number of hydrogen-bond acceptors (Lipinski definition) is 1.